The van der Waals surface area contributed by atoms with Crippen molar-refractivity contribution >= 4 is 8.32 Å². The van der Waals surface area contributed by atoms with Crippen molar-refractivity contribution in [2.24, 2.45) is 0 Å². The lowest BCUT2D eigenvalue weighted by Crippen LogP contribution is -2.34. The molecule has 13 heavy (non-hydrogen) atoms. The molecular weight excluding hydrogens is 180 g/mol. The minimum absolute atomic E-state index is 0.389. The van der Waals surface area contributed by atoms with Crippen LogP contribution in [0.2, 0.25) is 19.1 Å². The van der Waals surface area contributed by atoms with Crippen molar-refractivity contribution < 1.29 is 9.16 Å². The molecule has 0 aliphatic carbocycles. The molecule has 0 aromatic rings. The smallest absolute Gasteiger partial charge is 0.190 e. The molecule has 1 heterocycles. The lowest BCUT2D eigenvalue weighted by Gasteiger charge is -2.26. The summed E-state index contributed by atoms with van der Waals surface area (Å²) in [7, 11) is 0.349. The Morgan fingerprint density at radius 3 is 2.92 bits per heavy atom. The number of methoxy groups -OCH3 is 1. The van der Waals surface area contributed by atoms with E-state index in [2.05, 4.69) is 25.2 Å². The molecule has 0 N–H and O–H groups in total. The molecule has 0 aromatic carbocycles. The second kappa shape index (κ2) is 4.93. The molecule has 0 bridgehead atoms. The SMILES string of the molecule is COCC[C@@H]1CC=CC[Si](C)(C)O1. The van der Waals surface area contributed by atoms with Crippen molar-refractivity contribution in [2.75, 3.05) is 13.7 Å². The van der Waals surface area contributed by atoms with E-state index in [1.165, 1.54) is 0 Å². The van der Waals surface area contributed by atoms with E-state index in [9.17, 15) is 0 Å². The predicted molar refractivity (Wildman–Crippen MR) is 57.4 cm³/mol. The first-order chi connectivity index (χ1) is 6.14. The number of hydrogen-bond donors (Lipinski definition) is 0. The van der Waals surface area contributed by atoms with E-state index in [0.717, 1.165) is 25.5 Å². The van der Waals surface area contributed by atoms with Crippen molar-refractivity contribution in [3.05, 3.63) is 12.2 Å². The maximum absolute atomic E-state index is 6.10. The van der Waals surface area contributed by atoms with Crippen molar-refractivity contribution in [1.29, 1.82) is 0 Å². The molecule has 1 aliphatic heterocycles. The number of ether oxygens (including phenoxy) is 1. The molecule has 0 radical (unpaired) electrons. The van der Waals surface area contributed by atoms with Crippen LogP contribution in [0.25, 0.3) is 0 Å². The fraction of sp³-hybridized carbons (Fsp3) is 0.800. The highest BCUT2D eigenvalue weighted by Gasteiger charge is 2.26. The summed E-state index contributed by atoms with van der Waals surface area (Å²) < 4.78 is 11.2. The van der Waals surface area contributed by atoms with E-state index in [4.69, 9.17) is 9.16 Å². The molecule has 0 saturated heterocycles. The van der Waals surface area contributed by atoms with Gasteiger partial charge in [0.1, 0.15) is 0 Å². The fourth-order valence-electron chi connectivity index (χ4n) is 1.59. The molecule has 0 amide bonds. The van der Waals surface area contributed by atoms with Crippen LogP contribution in [0.1, 0.15) is 12.8 Å². The number of allylic oxidation sites excluding steroid dienone is 1. The van der Waals surface area contributed by atoms with Crippen molar-refractivity contribution in [2.45, 2.75) is 38.1 Å². The van der Waals surface area contributed by atoms with E-state index in [1.54, 1.807) is 7.11 Å². The van der Waals surface area contributed by atoms with Gasteiger partial charge in [0.2, 0.25) is 0 Å². The average Bonchev–Trinajstić information content (AvgIpc) is 2.22. The van der Waals surface area contributed by atoms with Gasteiger partial charge in [-0.2, -0.15) is 0 Å². The zero-order valence-electron chi connectivity index (χ0n) is 8.88. The molecule has 1 aliphatic rings. The Morgan fingerprint density at radius 2 is 2.23 bits per heavy atom. The number of hydrogen-bond acceptors (Lipinski definition) is 2. The zero-order valence-corrected chi connectivity index (χ0v) is 9.88. The lowest BCUT2D eigenvalue weighted by molar-refractivity contribution is 0.123. The summed E-state index contributed by atoms with van der Waals surface area (Å²) >= 11 is 0. The Hall–Kier alpha value is -0.123. The van der Waals surface area contributed by atoms with Gasteiger partial charge < -0.3 is 9.16 Å². The van der Waals surface area contributed by atoms with Crippen LogP contribution in [0.15, 0.2) is 12.2 Å². The molecule has 2 nitrogen and oxygen atoms in total. The third-order valence-electron chi connectivity index (χ3n) is 2.30. The molecule has 0 saturated carbocycles. The first-order valence-corrected chi connectivity index (χ1v) is 8.07. The Kier molecular flexibility index (Phi) is 4.16. The van der Waals surface area contributed by atoms with Crippen LogP contribution in [0.5, 0.6) is 0 Å². The van der Waals surface area contributed by atoms with Crippen LogP contribution in [0.4, 0.5) is 0 Å². The van der Waals surface area contributed by atoms with E-state index < -0.39 is 8.32 Å². The minimum atomic E-state index is -1.40. The maximum Gasteiger partial charge on any atom is 0.190 e. The fourth-order valence-corrected chi connectivity index (χ4v) is 3.54. The van der Waals surface area contributed by atoms with Gasteiger partial charge in [-0.05, 0) is 32.0 Å². The first-order valence-electron chi connectivity index (χ1n) is 4.96. The van der Waals surface area contributed by atoms with Gasteiger partial charge in [0.15, 0.2) is 8.32 Å². The van der Waals surface area contributed by atoms with Gasteiger partial charge in [-0.15, -0.1) is 0 Å². The molecular formula is C10H20O2Si. The van der Waals surface area contributed by atoms with Crippen molar-refractivity contribution in [1.82, 2.24) is 0 Å². The van der Waals surface area contributed by atoms with Crippen LogP contribution in [-0.2, 0) is 9.16 Å². The monoisotopic (exact) mass is 200 g/mol. The van der Waals surface area contributed by atoms with Gasteiger partial charge in [-0.1, -0.05) is 12.2 Å². The summed E-state index contributed by atoms with van der Waals surface area (Å²) in [6.07, 6.45) is 7.00. The van der Waals surface area contributed by atoms with Crippen LogP contribution in [0.3, 0.4) is 0 Å². The minimum Gasteiger partial charge on any atom is -0.414 e. The van der Waals surface area contributed by atoms with E-state index >= 15 is 0 Å². The van der Waals surface area contributed by atoms with Crippen LogP contribution >= 0.6 is 0 Å². The highest BCUT2D eigenvalue weighted by atomic mass is 28.4. The number of rotatable bonds is 3. The van der Waals surface area contributed by atoms with Gasteiger partial charge in [0.25, 0.3) is 0 Å². The summed E-state index contributed by atoms with van der Waals surface area (Å²) in [4.78, 5) is 0. The quantitative estimate of drug-likeness (QED) is 0.515. The standard InChI is InChI=1S/C10H20O2Si/c1-11-8-7-10-6-4-5-9-13(2,3)12-10/h4-5,10H,6-9H2,1-3H3/t10-/m0/s1. The Labute approximate surface area is 82.1 Å². The van der Waals surface area contributed by atoms with Gasteiger partial charge >= 0.3 is 0 Å². The highest BCUT2D eigenvalue weighted by molar-refractivity contribution is 6.71. The van der Waals surface area contributed by atoms with E-state index in [-0.39, 0.29) is 0 Å². The average molecular weight is 200 g/mol. The Bertz CT molecular complexity index is 178. The highest BCUT2D eigenvalue weighted by Crippen LogP contribution is 2.21. The summed E-state index contributed by atoms with van der Waals surface area (Å²) in [5.74, 6) is 0. The Balaban J connectivity index is 2.41. The zero-order chi connectivity index (χ0) is 9.73. The van der Waals surface area contributed by atoms with E-state index in [1.807, 2.05) is 0 Å². The molecule has 3 heteroatoms. The summed E-state index contributed by atoms with van der Waals surface area (Å²) in [5.41, 5.74) is 0. The molecule has 1 atom stereocenters. The second-order valence-electron chi connectivity index (χ2n) is 4.19. The van der Waals surface area contributed by atoms with Crippen LogP contribution in [0, 0.1) is 0 Å². The topological polar surface area (TPSA) is 18.5 Å². The second-order valence-corrected chi connectivity index (χ2v) is 8.36. The van der Waals surface area contributed by atoms with Crippen LogP contribution < -0.4 is 0 Å². The van der Waals surface area contributed by atoms with Gasteiger partial charge in [-0.25, -0.2) is 0 Å². The van der Waals surface area contributed by atoms with E-state index in [0.29, 0.717) is 6.10 Å². The molecule has 0 spiro atoms. The summed E-state index contributed by atoms with van der Waals surface area (Å²) in [5, 5.41) is 0. The molecule has 0 fully saturated rings. The lowest BCUT2D eigenvalue weighted by atomic mass is 10.2. The molecule has 0 unspecified atom stereocenters. The van der Waals surface area contributed by atoms with Gasteiger partial charge in [0.05, 0.1) is 6.10 Å². The normalized spacial score (nSPS) is 27.2. The predicted octanol–water partition coefficient (Wildman–Crippen LogP) is 2.57. The van der Waals surface area contributed by atoms with Crippen molar-refractivity contribution in [3.63, 3.8) is 0 Å². The first kappa shape index (κ1) is 11.0. The van der Waals surface area contributed by atoms with Gasteiger partial charge in [-0.3, -0.25) is 0 Å². The van der Waals surface area contributed by atoms with Gasteiger partial charge in [0, 0.05) is 13.7 Å². The summed E-state index contributed by atoms with van der Waals surface area (Å²) in [6, 6.07) is 1.15. The molecule has 1 rings (SSSR count). The Morgan fingerprint density at radius 1 is 1.46 bits per heavy atom. The van der Waals surface area contributed by atoms with Crippen LogP contribution in [-0.4, -0.2) is 28.1 Å². The molecule has 0 aromatic heterocycles. The molecule has 76 valence electrons. The third kappa shape index (κ3) is 4.07. The van der Waals surface area contributed by atoms with Crippen molar-refractivity contribution in [3.8, 4) is 0 Å². The maximum atomic E-state index is 6.10. The third-order valence-corrected chi connectivity index (χ3v) is 4.49. The summed E-state index contributed by atoms with van der Waals surface area (Å²) in [6.45, 7) is 5.37. The largest absolute Gasteiger partial charge is 0.414 e.